The lowest BCUT2D eigenvalue weighted by Gasteiger charge is -2.26. The van der Waals surface area contributed by atoms with Crippen LogP contribution < -0.4 is 19.1 Å². The maximum absolute atomic E-state index is 13.1. The van der Waals surface area contributed by atoms with E-state index in [2.05, 4.69) is 16.0 Å². The Labute approximate surface area is 182 Å². The Kier molecular flexibility index (Phi) is 4.09. The third-order valence-electron chi connectivity index (χ3n) is 6.31. The highest BCUT2D eigenvalue weighted by Crippen LogP contribution is 2.54. The van der Waals surface area contributed by atoms with Gasteiger partial charge in [-0.25, -0.2) is 4.98 Å². The van der Waals surface area contributed by atoms with Crippen molar-refractivity contribution >= 4 is 5.69 Å². The molecule has 0 saturated carbocycles. The van der Waals surface area contributed by atoms with E-state index in [1.165, 1.54) is 6.07 Å². The molecule has 0 fully saturated rings. The summed E-state index contributed by atoms with van der Waals surface area (Å²) in [6.45, 7) is 2.26. The van der Waals surface area contributed by atoms with E-state index in [9.17, 15) is 13.2 Å². The van der Waals surface area contributed by atoms with Crippen molar-refractivity contribution in [2.45, 2.75) is 18.1 Å². The van der Waals surface area contributed by atoms with Crippen LogP contribution in [0.5, 0.6) is 17.2 Å². The number of rotatable bonds is 2. The number of ether oxygens (including phenoxy) is 3. The molecular weight excluding hydrogens is 421 g/mol. The number of pyridine rings is 1. The maximum Gasteiger partial charge on any atom is 0.433 e. The molecule has 0 saturated heterocycles. The van der Waals surface area contributed by atoms with E-state index in [-0.39, 0.29) is 6.54 Å². The van der Waals surface area contributed by atoms with Gasteiger partial charge in [0.15, 0.2) is 11.5 Å². The van der Waals surface area contributed by atoms with Crippen LogP contribution in [0.15, 0.2) is 54.6 Å². The lowest BCUT2D eigenvalue weighted by molar-refractivity contribution is -0.141. The summed E-state index contributed by atoms with van der Waals surface area (Å²) in [5.41, 5.74) is 2.11. The summed E-state index contributed by atoms with van der Waals surface area (Å²) in [6.07, 6.45) is -4.47. The van der Waals surface area contributed by atoms with Crippen molar-refractivity contribution in [1.82, 2.24) is 4.98 Å². The average Bonchev–Trinajstić information content (AvgIpc) is 3.30. The van der Waals surface area contributed by atoms with Crippen molar-refractivity contribution in [3.8, 4) is 17.2 Å². The van der Waals surface area contributed by atoms with Crippen LogP contribution >= 0.6 is 0 Å². The Morgan fingerprint density at radius 3 is 2.47 bits per heavy atom. The Balaban J connectivity index is 1.40. The zero-order chi connectivity index (χ0) is 21.9. The van der Waals surface area contributed by atoms with Gasteiger partial charge in [-0.05, 0) is 29.8 Å². The SMILES string of the molecule is FC(F)(F)c1cccc(CN2CC3(COc4cc5c(cc43)OCCO5)c3ccccc32)n1. The normalized spacial score (nSPS) is 20.8. The number of fused-ring (bicyclic) bond motifs is 5. The van der Waals surface area contributed by atoms with E-state index in [0.29, 0.717) is 43.6 Å². The molecule has 0 N–H and O–H groups in total. The summed E-state index contributed by atoms with van der Waals surface area (Å²) in [5.74, 6) is 2.11. The van der Waals surface area contributed by atoms with E-state index in [1.54, 1.807) is 6.07 Å². The summed E-state index contributed by atoms with van der Waals surface area (Å²) in [5, 5.41) is 0. The van der Waals surface area contributed by atoms with Crippen molar-refractivity contribution in [3.63, 3.8) is 0 Å². The van der Waals surface area contributed by atoms with Crippen LogP contribution in [0.4, 0.5) is 18.9 Å². The fourth-order valence-corrected chi connectivity index (χ4v) is 4.91. The number of hydrogen-bond acceptors (Lipinski definition) is 5. The molecule has 3 aliphatic rings. The molecule has 1 atom stereocenters. The van der Waals surface area contributed by atoms with Gasteiger partial charge in [0.2, 0.25) is 0 Å². The molecule has 0 amide bonds. The van der Waals surface area contributed by atoms with E-state index in [4.69, 9.17) is 14.2 Å². The first-order valence-corrected chi connectivity index (χ1v) is 10.4. The number of nitrogens with zero attached hydrogens (tertiary/aromatic N) is 2. The van der Waals surface area contributed by atoms with Crippen LogP contribution in [0.25, 0.3) is 0 Å². The number of para-hydroxylation sites is 1. The van der Waals surface area contributed by atoms with Gasteiger partial charge in [-0.15, -0.1) is 0 Å². The molecule has 164 valence electrons. The van der Waals surface area contributed by atoms with E-state index in [1.807, 2.05) is 30.3 Å². The number of aromatic nitrogens is 1. The Hall–Kier alpha value is -3.42. The summed E-state index contributed by atoms with van der Waals surface area (Å²) in [6, 6.07) is 15.8. The first-order valence-electron chi connectivity index (χ1n) is 10.4. The largest absolute Gasteiger partial charge is 0.492 e. The van der Waals surface area contributed by atoms with Gasteiger partial charge >= 0.3 is 6.18 Å². The number of halogens is 3. The first kappa shape index (κ1) is 19.3. The zero-order valence-corrected chi connectivity index (χ0v) is 17.0. The van der Waals surface area contributed by atoms with Crippen LogP contribution in [-0.4, -0.2) is 31.3 Å². The fourth-order valence-electron chi connectivity index (χ4n) is 4.91. The van der Waals surface area contributed by atoms with Crippen molar-refractivity contribution in [2.75, 3.05) is 31.3 Å². The summed E-state index contributed by atoms with van der Waals surface area (Å²) >= 11 is 0. The molecule has 3 aromatic rings. The Morgan fingerprint density at radius 2 is 1.66 bits per heavy atom. The second kappa shape index (κ2) is 6.79. The van der Waals surface area contributed by atoms with Gasteiger partial charge < -0.3 is 19.1 Å². The van der Waals surface area contributed by atoms with Crippen LogP contribution in [0.2, 0.25) is 0 Å². The van der Waals surface area contributed by atoms with E-state index in [0.717, 1.165) is 28.6 Å². The molecule has 1 aromatic heterocycles. The van der Waals surface area contributed by atoms with Crippen molar-refractivity contribution in [2.24, 2.45) is 0 Å². The van der Waals surface area contributed by atoms with Crippen molar-refractivity contribution in [3.05, 3.63) is 77.1 Å². The van der Waals surface area contributed by atoms with E-state index >= 15 is 0 Å². The van der Waals surface area contributed by atoms with Gasteiger partial charge in [0.25, 0.3) is 0 Å². The molecule has 6 rings (SSSR count). The molecule has 0 radical (unpaired) electrons. The summed E-state index contributed by atoms with van der Waals surface area (Å²) < 4.78 is 57.0. The predicted octanol–water partition coefficient (Wildman–Crippen LogP) is 4.57. The standard InChI is InChI=1S/C24H19F3N2O3/c25-24(26,27)22-7-3-4-15(28-22)12-29-13-23(16-5-1-2-6-18(16)29)14-32-19-11-21-20(10-17(19)23)30-8-9-31-21/h1-7,10-11H,8-9,12-14H2. The molecule has 8 heteroatoms. The highest BCUT2D eigenvalue weighted by atomic mass is 19.4. The number of alkyl halides is 3. The van der Waals surface area contributed by atoms with Gasteiger partial charge in [-0.1, -0.05) is 24.3 Å². The van der Waals surface area contributed by atoms with Gasteiger partial charge in [0, 0.05) is 23.9 Å². The highest BCUT2D eigenvalue weighted by Gasteiger charge is 2.50. The maximum atomic E-state index is 13.1. The molecule has 0 aliphatic carbocycles. The van der Waals surface area contributed by atoms with Gasteiger partial charge in [-0.2, -0.15) is 13.2 Å². The lowest BCUT2D eigenvalue weighted by Crippen LogP contribution is -2.36. The molecule has 1 spiro atoms. The van der Waals surface area contributed by atoms with Crippen LogP contribution in [0.3, 0.4) is 0 Å². The minimum Gasteiger partial charge on any atom is -0.492 e. The van der Waals surface area contributed by atoms with Crippen LogP contribution in [-0.2, 0) is 18.1 Å². The predicted molar refractivity (Wildman–Crippen MR) is 110 cm³/mol. The highest BCUT2D eigenvalue weighted by molar-refractivity contribution is 5.70. The van der Waals surface area contributed by atoms with Gasteiger partial charge in [0.05, 0.1) is 17.7 Å². The minimum absolute atomic E-state index is 0.266. The molecular formula is C24H19F3N2O3. The average molecular weight is 440 g/mol. The summed E-state index contributed by atoms with van der Waals surface area (Å²) in [7, 11) is 0. The molecule has 0 bridgehead atoms. The van der Waals surface area contributed by atoms with E-state index < -0.39 is 17.3 Å². The van der Waals surface area contributed by atoms with Crippen molar-refractivity contribution < 1.29 is 27.4 Å². The lowest BCUT2D eigenvalue weighted by atomic mass is 9.77. The topological polar surface area (TPSA) is 43.8 Å². The molecule has 32 heavy (non-hydrogen) atoms. The monoisotopic (exact) mass is 440 g/mol. The molecule has 5 nitrogen and oxygen atoms in total. The quantitative estimate of drug-likeness (QED) is 0.584. The van der Waals surface area contributed by atoms with Crippen LogP contribution in [0, 0.1) is 0 Å². The molecule has 3 aliphatic heterocycles. The smallest absolute Gasteiger partial charge is 0.433 e. The molecule has 4 heterocycles. The third-order valence-corrected chi connectivity index (χ3v) is 6.31. The number of benzene rings is 2. The first-order chi connectivity index (χ1) is 15.4. The van der Waals surface area contributed by atoms with Crippen molar-refractivity contribution in [1.29, 1.82) is 0 Å². The zero-order valence-electron chi connectivity index (χ0n) is 17.0. The second-order valence-corrected chi connectivity index (χ2v) is 8.25. The Bertz CT molecular complexity index is 1210. The fraction of sp³-hybridized carbons (Fsp3) is 0.292. The number of anilines is 1. The van der Waals surface area contributed by atoms with Gasteiger partial charge in [-0.3, -0.25) is 0 Å². The van der Waals surface area contributed by atoms with Crippen LogP contribution in [0.1, 0.15) is 22.5 Å². The molecule has 1 unspecified atom stereocenters. The minimum atomic E-state index is -4.47. The number of hydrogen-bond donors (Lipinski definition) is 0. The summed E-state index contributed by atoms with van der Waals surface area (Å²) in [4.78, 5) is 5.94. The van der Waals surface area contributed by atoms with Gasteiger partial charge in [0.1, 0.15) is 31.3 Å². The Morgan fingerprint density at radius 1 is 0.875 bits per heavy atom. The third kappa shape index (κ3) is 2.89. The molecule has 2 aromatic carbocycles. The second-order valence-electron chi connectivity index (χ2n) is 8.25.